The second-order valence-corrected chi connectivity index (χ2v) is 8.78. The summed E-state index contributed by atoms with van der Waals surface area (Å²) in [7, 11) is -3.86. The summed E-state index contributed by atoms with van der Waals surface area (Å²) in [5.74, 6) is -0.339. The summed E-state index contributed by atoms with van der Waals surface area (Å²) < 4.78 is 33.3. The Balaban J connectivity index is 1.64. The van der Waals surface area contributed by atoms with E-state index in [1.54, 1.807) is 0 Å². The van der Waals surface area contributed by atoms with Gasteiger partial charge in [-0.2, -0.15) is 0 Å². The van der Waals surface area contributed by atoms with E-state index in [1.165, 1.54) is 18.2 Å². The van der Waals surface area contributed by atoms with E-state index in [2.05, 4.69) is 10.0 Å². The molecule has 0 spiro atoms. The monoisotopic (exact) mass is 422 g/mol. The summed E-state index contributed by atoms with van der Waals surface area (Å²) >= 11 is 6.09. The van der Waals surface area contributed by atoms with Crippen molar-refractivity contribution in [3.05, 3.63) is 64.7 Å². The topological polar surface area (TPSA) is 84.5 Å². The van der Waals surface area contributed by atoms with Gasteiger partial charge in [0.1, 0.15) is 4.90 Å². The van der Waals surface area contributed by atoms with Gasteiger partial charge in [-0.1, -0.05) is 41.9 Å². The molecule has 0 radical (unpaired) electrons. The summed E-state index contributed by atoms with van der Waals surface area (Å²) in [5, 5.41) is 2.87. The van der Waals surface area contributed by atoms with Crippen molar-refractivity contribution in [1.82, 2.24) is 10.0 Å². The lowest BCUT2D eigenvalue weighted by Crippen LogP contribution is -2.28. The summed E-state index contributed by atoms with van der Waals surface area (Å²) in [6, 6.07) is 13.4. The van der Waals surface area contributed by atoms with E-state index in [9.17, 15) is 13.2 Å². The zero-order valence-corrected chi connectivity index (χ0v) is 16.9. The summed E-state index contributed by atoms with van der Waals surface area (Å²) in [6.07, 6.45) is 2.98. The fraction of sp³-hybridized carbons (Fsp3) is 0.350. The molecule has 1 atom stereocenters. The van der Waals surface area contributed by atoms with Gasteiger partial charge in [-0.15, -0.1) is 0 Å². The fourth-order valence-corrected chi connectivity index (χ4v) is 4.56. The van der Waals surface area contributed by atoms with Crippen LogP contribution in [0, 0.1) is 0 Å². The number of hydrogen-bond donors (Lipinski definition) is 2. The van der Waals surface area contributed by atoms with Gasteiger partial charge in [0, 0.05) is 25.3 Å². The van der Waals surface area contributed by atoms with Crippen LogP contribution in [-0.2, 0) is 21.3 Å². The summed E-state index contributed by atoms with van der Waals surface area (Å²) in [5.41, 5.74) is 1.07. The minimum atomic E-state index is -3.86. The highest BCUT2D eigenvalue weighted by Gasteiger charge is 2.20. The Bertz CT molecular complexity index is 913. The van der Waals surface area contributed by atoms with Crippen LogP contribution in [0.15, 0.2) is 53.4 Å². The number of carbonyl (C=O) groups excluding carboxylic acids is 1. The molecule has 1 amide bonds. The van der Waals surface area contributed by atoms with E-state index in [1.807, 2.05) is 30.3 Å². The van der Waals surface area contributed by atoms with Gasteiger partial charge in [0.15, 0.2) is 0 Å². The molecular weight excluding hydrogens is 400 g/mol. The third-order valence-corrected chi connectivity index (χ3v) is 6.45. The Morgan fingerprint density at radius 1 is 1.18 bits per heavy atom. The van der Waals surface area contributed by atoms with Crippen LogP contribution in [0.5, 0.6) is 0 Å². The standard InChI is InChI=1S/C20H23ClN2O4S/c21-18-9-8-16(20(24)22-11-10-17-7-4-12-27-17)13-19(18)28(25,26)23-14-15-5-2-1-3-6-15/h1-3,5-6,8-9,13,17,23H,4,7,10-12,14H2,(H,22,24). The average molecular weight is 423 g/mol. The highest BCUT2D eigenvalue weighted by atomic mass is 35.5. The van der Waals surface area contributed by atoms with Crippen LogP contribution in [0.2, 0.25) is 5.02 Å². The van der Waals surface area contributed by atoms with Crippen LogP contribution in [0.3, 0.4) is 0 Å². The smallest absolute Gasteiger partial charge is 0.251 e. The average Bonchev–Trinajstić information content (AvgIpc) is 3.21. The second kappa shape index (κ2) is 9.52. The van der Waals surface area contributed by atoms with Crippen LogP contribution in [0.4, 0.5) is 0 Å². The second-order valence-electron chi connectivity index (χ2n) is 6.63. The van der Waals surface area contributed by atoms with Gasteiger partial charge in [0.05, 0.1) is 11.1 Å². The maximum atomic E-state index is 12.6. The van der Waals surface area contributed by atoms with Crippen molar-refractivity contribution in [3.8, 4) is 0 Å². The van der Waals surface area contributed by atoms with Crippen LogP contribution in [0.25, 0.3) is 0 Å². The van der Waals surface area contributed by atoms with Gasteiger partial charge in [-0.25, -0.2) is 13.1 Å². The number of benzene rings is 2. The van der Waals surface area contributed by atoms with Gasteiger partial charge in [0.25, 0.3) is 5.91 Å². The number of halogens is 1. The maximum absolute atomic E-state index is 12.6. The first kappa shape index (κ1) is 20.8. The predicted octanol–water partition coefficient (Wildman–Crippen LogP) is 3.12. The number of ether oxygens (including phenoxy) is 1. The molecule has 3 rings (SSSR count). The number of nitrogens with one attached hydrogen (secondary N) is 2. The van der Waals surface area contributed by atoms with Crippen molar-refractivity contribution < 1.29 is 17.9 Å². The van der Waals surface area contributed by atoms with Gasteiger partial charge in [-0.3, -0.25) is 4.79 Å². The molecular formula is C20H23ClN2O4S. The Morgan fingerprint density at radius 2 is 1.96 bits per heavy atom. The molecule has 1 fully saturated rings. The van der Waals surface area contributed by atoms with Crippen molar-refractivity contribution in [1.29, 1.82) is 0 Å². The molecule has 1 aliphatic rings. The van der Waals surface area contributed by atoms with E-state index < -0.39 is 10.0 Å². The van der Waals surface area contributed by atoms with Crippen molar-refractivity contribution in [2.45, 2.75) is 36.8 Å². The number of hydrogen-bond acceptors (Lipinski definition) is 4. The molecule has 1 aliphatic heterocycles. The van der Waals surface area contributed by atoms with Crippen LogP contribution in [-0.4, -0.2) is 33.6 Å². The zero-order valence-electron chi connectivity index (χ0n) is 15.4. The lowest BCUT2D eigenvalue weighted by molar-refractivity contribution is 0.0907. The SMILES string of the molecule is O=C(NCCC1CCCO1)c1ccc(Cl)c(S(=O)(=O)NCc2ccccc2)c1. The molecule has 0 aliphatic carbocycles. The van der Waals surface area contributed by atoms with Crippen molar-refractivity contribution in [2.24, 2.45) is 0 Å². The molecule has 150 valence electrons. The van der Waals surface area contributed by atoms with Crippen LogP contribution < -0.4 is 10.0 Å². The van der Waals surface area contributed by atoms with Gasteiger partial charge < -0.3 is 10.1 Å². The first-order valence-corrected chi connectivity index (χ1v) is 11.0. The van der Waals surface area contributed by atoms with Gasteiger partial charge >= 0.3 is 0 Å². The molecule has 1 heterocycles. The Labute approximate surface area is 170 Å². The Morgan fingerprint density at radius 3 is 2.68 bits per heavy atom. The predicted molar refractivity (Wildman–Crippen MR) is 108 cm³/mol. The van der Waals surface area contributed by atoms with Crippen molar-refractivity contribution in [2.75, 3.05) is 13.2 Å². The lowest BCUT2D eigenvalue weighted by atomic mass is 10.1. The minimum absolute atomic E-state index is 0.0662. The summed E-state index contributed by atoms with van der Waals surface area (Å²) in [6.45, 7) is 1.38. The molecule has 0 saturated carbocycles. The van der Waals surface area contributed by atoms with Crippen molar-refractivity contribution in [3.63, 3.8) is 0 Å². The normalized spacial score (nSPS) is 16.8. The van der Waals surface area contributed by atoms with E-state index in [0.29, 0.717) is 6.54 Å². The van der Waals surface area contributed by atoms with E-state index >= 15 is 0 Å². The molecule has 8 heteroatoms. The quantitative estimate of drug-likeness (QED) is 0.684. The molecule has 0 aromatic heterocycles. The zero-order chi connectivity index (χ0) is 20.0. The molecule has 2 N–H and O–H groups in total. The molecule has 28 heavy (non-hydrogen) atoms. The summed E-state index contributed by atoms with van der Waals surface area (Å²) in [4.78, 5) is 12.3. The van der Waals surface area contributed by atoms with Crippen LogP contribution >= 0.6 is 11.6 Å². The number of rotatable bonds is 8. The molecule has 2 aromatic rings. The Kier molecular flexibility index (Phi) is 7.07. The van der Waals surface area contributed by atoms with E-state index in [0.717, 1.165) is 31.4 Å². The third kappa shape index (κ3) is 5.54. The number of carbonyl (C=O) groups is 1. The van der Waals surface area contributed by atoms with E-state index in [4.69, 9.17) is 16.3 Å². The highest BCUT2D eigenvalue weighted by Crippen LogP contribution is 2.23. The largest absolute Gasteiger partial charge is 0.378 e. The first-order chi connectivity index (χ1) is 13.5. The molecule has 6 nitrogen and oxygen atoms in total. The van der Waals surface area contributed by atoms with Gasteiger partial charge in [0.2, 0.25) is 10.0 Å². The van der Waals surface area contributed by atoms with Crippen LogP contribution in [0.1, 0.15) is 35.2 Å². The molecule has 1 saturated heterocycles. The fourth-order valence-electron chi connectivity index (χ4n) is 3.02. The number of sulfonamides is 1. The maximum Gasteiger partial charge on any atom is 0.251 e. The van der Waals surface area contributed by atoms with Gasteiger partial charge in [-0.05, 0) is 43.0 Å². The first-order valence-electron chi connectivity index (χ1n) is 9.18. The van der Waals surface area contributed by atoms with Crippen molar-refractivity contribution >= 4 is 27.5 Å². The molecule has 0 bridgehead atoms. The lowest BCUT2D eigenvalue weighted by Gasteiger charge is -2.12. The third-order valence-electron chi connectivity index (χ3n) is 4.57. The highest BCUT2D eigenvalue weighted by molar-refractivity contribution is 7.89. The Hall–Kier alpha value is -1.93. The minimum Gasteiger partial charge on any atom is -0.378 e. The van der Waals surface area contributed by atoms with E-state index in [-0.39, 0.29) is 34.0 Å². The molecule has 1 unspecified atom stereocenters. The molecule has 2 aromatic carbocycles. The number of amides is 1.